The molecule has 156 valence electrons. The second-order valence-corrected chi connectivity index (χ2v) is 8.91. The summed E-state index contributed by atoms with van der Waals surface area (Å²) < 4.78 is 5.33. The molecule has 0 aliphatic carbocycles. The van der Waals surface area contributed by atoms with Gasteiger partial charge in [0, 0.05) is 32.2 Å². The lowest BCUT2D eigenvalue weighted by Gasteiger charge is -2.03. The van der Waals surface area contributed by atoms with Gasteiger partial charge in [-0.25, -0.2) is 9.78 Å². The molecule has 32 heavy (non-hydrogen) atoms. The van der Waals surface area contributed by atoms with E-state index in [-0.39, 0.29) is 11.3 Å². The normalized spacial score (nSPS) is 11.0. The van der Waals surface area contributed by atoms with Crippen LogP contribution in [0.15, 0.2) is 103 Å². The first-order valence-electron chi connectivity index (χ1n) is 9.58. The van der Waals surface area contributed by atoms with Gasteiger partial charge in [-0.3, -0.25) is 10.1 Å². The van der Waals surface area contributed by atoms with Crippen LogP contribution < -0.4 is 5.63 Å². The average molecular weight is 459 g/mol. The van der Waals surface area contributed by atoms with E-state index in [9.17, 15) is 14.9 Å². The maximum absolute atomic E-state index is 12.5. The highest BCUT2D eigenvalue weighted by Crippen LogP contribution is 2.32. The van der Waals surface area contributed by atoms with Gasteiger partial charge in [-0.15, -0.1) is 11.3 Å². The SMILES string of the molecule is O=c1oc2cc([N+](=O)[O-])ccc2cc1-c1nc(-c2ccc(Sc3ccccc3)cc2)cs1. The van der Waals surface area contributed by atoms with Crippen LogP contribution in [0, 0.1) is 10.1 Å². The summed E-state index contributed by atoms with van der Waals surface area (Å²) in [4.78, 5) is 29.8. The minimum atomic E-state index is -0.575. The van der Waals surface area contributed by atoms with E-state index in [1.54, 1.807) is 23.9 Å². The summed E-state index contributed by atoms with van der Waals surface area (Å²) in [6.45, 7) is 0. The molecule has 5 rings (SSSR count). The Labute approximate surface area is 190 Å². The van der Waals surface area contributed by atoms with Crippen molar-refractivity contribution in [2.75, 3.05) is 0 Å². The van der Waals surface area contributed by atoms with Crippen molar-refractivity contribution >= 4 is 39.8 Å². The van der Waals surface area contributed by atoms with Gasteiger partial charge in [0.15, 0.2) is 0 Å². The van der Waals surface area contributed by atoms with Crippen LogP contribution in [-0.2, 0) is 0 Å². The van der Waals surface area contributed by atoms with E-state index in [4.69, 9.17) is 4.42 Å². The van der Waals surface area contributed by atoms with Gasteiger partial charge >= 0.3 is 5.63 Å². The van der Waals surface area contributed by atoms with Crippen molar-refractivity contribution in [2.45, 2.75) is 9.79 Å². The minimum absolute atomic E-state index is 0.126. The van der Waals surface area contributed by atoms with Crippen molar-refractivity contribution in [3.63, 3.8) is 0 Å². The summed E-state index contributed by atoms with van der Waals surface area (Å²) >= 11 is 3.04. The molecule has 0 fully saturated rings. The standard InChI is InChI=1S/C24H14N2O4S2/c27-24-20(12-16-6-9-17(26(28)29)13-22(16)30-24)23-25-21(14-31-23)15-7-10-19(11-8-15)32-18-4-2-1-3-5-18/h1-14H. The fourth-order valence-electron chi connectivity index (χ4n) is 3.21. The van der Waals surface area contributed by atoms with Crippen LogP contribution in [0.3, 0.4) is 0 Å². The van der Waals surface area contributed by atoms with Crippen molar-refractivity contribution in [2.24, 2.45) is 0 Å². The van der Waals surface area contributed by atoms with E-state index < -0.39 is 10.5 Å². The number of nitro benzene ring substituents is 1. The molecule has 0 aliphatic rings. The van der Waals surface area contributed by atoms with Crippen LogP contribution >= 0.6 is 23.1 Å². The Bertz CT molecular complexity index is 1490. The highest BCUT2D eigenvalue weighted by Gasteiger charge is 2.15. The first kappa shape index (κ1) is 20.2. The van der Waals surface area contributed by atoms with E-state index in [0.29, 0.717) is 16.0 Å². The zero-order valence-corrected chi connectivity index (χ0v) is 18.1. The third kappa shape index (κ3) is 4.05. The molecule has 0 saturated heterocycles. The van der Waals surface area contributed by atoms with Crippen LogP contribution in [0.4, 0.5) is 5.69 Å². The minimum Gasteiger partial charge on any atom is -0.422 e. The van der Waals surface area contributed by atoms with E-state index in [1.807, 2.05) is 47.8 Å². The largest absolute Gasteiger partial charge is 0.422 e. The molecule has 0 saturated carbocycles. The molecule has 3 aromatic carbocycles. The fraction of sp³-hybridized carbons (Fsp3) is 0. The van der Waals surface area contributed by atoms with Gasteiger partial charge in [0.25, 0.3) is 5.69 Å². The summed E-state index contributed by atoms with van der Waals surface area (Å²) in [5.41, 5.74) is 1.53. The number of hydrogen-bond acceptors (Lipinski definition) is 7. The molecular formula is C24H14N2O4S2. The van der Waals surface area contributed by atoms with Gasteiger partial charge in [0.05, 0.1) is 22.2 Å². The van der Waals surface area contributed by atoms with E-state index in [2.05, 4.69) is 17.1 Å². The van der Waals surface area contributed by atoms with Gasteiger partial charge < -0.3 is 4.42 Å². The predicted octanol–water partition coefficient (Wildman–Crippen LogP) is 6.64. The number of benzene rings is 3. The number of thiazole rings is 1. The van der Waals surface area contributed by atoms with Gasteiger partial charge in [-0.2, -0.15) is 0 Å². The van der Waals surface area contributed by atoms with Crippen LogP contribution in [0.1, 0.15) is 0 Å². The summed E-state index contributed by atoms with van der Waals surface area (Å²) in [5.74, 6) is 0. The number of nitrogens with zero attached hydrogens (tertiary/aromatic N) is 2. The lowest BCUT2D eigenvalue weighted by Crippen LogP contribution is -2.02. The number of hydrogen-bond donors (Lipinski definition) is 0. The number of nitro groups is 1. The van der Waals surface area contributed by atoms with Gasteiger partial charge in [-0.05, 0) is 36.4 Å². The molecule has 0 radical (unpaired) electrons. The molecule has 0 N–H and O–H groups in total. The number of fused-ring (bicyclic) bond motifs is 1. The summed E-state index contributed by atoms with van der Waals surface area (Å²) in [5, 5.41) is 14.0. The Morgan fingerprint density at radius 2 is 1.69 bits per heavy atom. The number of rotatable bonds is 5. The molecule has 2 heterocycles. The Balaban J connectivity index is 1.42. The first-order chi connectivity index (χ1) is 15.6. The highest BCUT2D eigenvalue weighted by molar-refractivity contribution is 7.99. The van der Waals surface area contributed by atoms with E-state index in [0.717, 1.165) is 16.2 Å². The molecule has 2 aromatic heterocycles. The van der Waals surface area contributed by atoms with Crippen LogP contribution in [0.25, 0.3) is 32.8 Å². The lowest BCUT2D eigenvalue weighted by molar-refractivity contribution is -0.384. The molecule has 0 unspecified atom stereocenters. The molecule has 0 bridgehead atoms. The molecule has 0 atom stereocenters. The van der Waals surface area contributed by atoms with E-state index in [1.165, 1.54) is 28.4 Å². The molecule has 0 spiro atoms. The van der Waals surface area contributed by atoms with Crippen LogP contribution in [0.2, 0.25) is 0 Å². The third-order valence-electron chi connectivity index (χ3n) is 4.79. The lowest BCUT2D eigenvalue weighted by atomic mass is 10.1. The van der Waals surface area contributed by atoms with Gasteiger partial charge in [-0.1, -0.05) is 42.1 Å². The summed E-state index contributed by atoms with van der Waals surface area (Å²) in [7, 11) is 0. The Hall–Kier alpha value is -3.75. The number of non-ortho nitro benzene ring substituents is 1. The maximum Gasteiger partial charge on any atom is 0.346 e. The molecule has 0 amide bonds. The topological polar surface area (TPSA) is 86.2 Å². The Morgan fingerprint density at radius 1 is 0.938 bits per heavy atom. The zero-order valence-electron chi connectivity index (χ0n) is 16.4. The second kappa shape index (κ2) is 8.41. The van der Waals surface area contributed by atoms with Crippen molar-refractivity contribution < 1.29 is 9.34 Å². The smallest absolute Gasteiger partial charge is 0.346 e. The fourth-order valence-corrected chi connectivity index (χ4v) is 4.88. The molecule has 6 nitrogen and oxygen atoms in total. The van der Waals surface area contributed by atoms with Crippen LogP contribution in [-0.4, -0.2) is 9.91 Å². The average Bonchev–Trinajstić information content (AvgIpc) is 3.29. The quantitative estimate of drug-likeness (QED) is 0.167. The van der Waals surface area contributed by atoms with Crippen molar-refractivity contribution in [1.82, 2.24) is 4.98 Å². The monoisotopic (exact) mass is 458 g/mol. The van der Waals surface area contributed by atoms with Gasteiger partial charge in [0.1, 0.15) is 10.6 Å². The van der Waals surface area contributed by atoms with Crippen LogP contribution in [0.5, 0.6) is 0 Å². The Morgan fingerprint density at radius 3 is 2.44 bits per heavy atom. The summed E-state index contributed by atoms with van der Waals surface area (Å²) in [6.07, 6.45) is 0. The van der Waals surface area contributed by atoms with E-state index >= 15 is 0 Å². The molecular weight excluding hydrogens is 444 g/mol. The second-order valence-electron chi connectivity index (χ2n) is 6.90. The van der Waals surface area contributed by atoms with Crippen molar-refractivity contribution in [3.05, 3.63) is 105 Å². The molecule has 8 heteroatoms. The third-order valence-corrected chi connectivity index (χ3v) is 6.69. The predicted molar refractivity (Wildman–Crippen MR) is 126 cm³/mol. The summed E-state index contributed by atoms with van der Waals surface area (Å²) in [6, 6.07) is 24.1. The van der Waals surface area contributed by atoms with Crippen molar-refractivity contribution in [3.8, 4) is 21.8 Å². The Kier molecular flexibility index (Phi) is 5.30. The highest BCUT2D eigenvalue weighted by atomic mass is 32.2. The first-order valence-corrected chi connectivity index (χ1v) is 11.3. The van der Waals surface area contributed by atoms with Crippen molar-refractivity contribution in [1.29, 1.82) is 0 Å². The maximum atomic E-state index is 12.5. The zero-order chi connectivity index (χ0) is 22.1. The number of aromatic nitrogens is 1. The molecule has 0 aliphatic heterocycles. The van der Waals surface area contributed by atoms with Gasteiger partial charge in [0.2, 0.25) is 0 Å². The molecule has 5 aromatic rings.